The summed E-state index contributed by atoms with van der Waals surface area (Å²) in [7, 11) is 0. The summed E-state index contributed by atoms with van der Waals surface area (Å²) in [5, 5.41) is 11.0. The Morgan fingerprint density at radius 3 is 3.11 bits per heavy atom. The molecule has 142 valence electrons. The van der Waals surface area contributed by atoms with E-state index in [4.69, 9.17) is 4.74 Å². The number of likely N-dealkylation sites (tertiary alicyclic amines) is 1. The van der Waals surface area contributed by atoms with Crippen LogP contribution >= 0.6 is 0 Å². The molecule has 3 aliphatic heterocycles. The average Bonchev–Trinajstić information content (AvgIpc) is 3.43. The number of nitrogens with zero attached hydrogens (tertiary/aromatic N) is 1. The van der Waals surface area contributed by atoms with Gasteiger partial charge < -0.3 is 19.7 Å². The van der Waals surface area contributed by atoms with Crippen LogP contribution in [0, 0.1) is 11.8 Å². The molecule has 1 aromatic heterocycles. The molecule has 27 heavy (non-hydrogen) atoms. The van der Waals surface area contributed by atoms with Crippen LogP contribution in [0.5, 0.6) is 0 Å². The number of hydrogen-bond acceptors (Lipinski definition) is 3. The molecule has 0 unspecified atom stereocenters. The van der Waals surface area contributed by atoms with Crippen LogP contribution in [0.25, 0.3) is 10.9 Å². The van der Waals surface area contributed by atoms with Gasteiger partial charge >= 0.3 is 0 Å². The van der Waals surface area contributed by atoms with Crippen molar-refractivity contribution in [2.75, 3.05) is 19.7 Å². The zero-order valence-corrected chi connectivity index (χ0v) is 15.5. The molecule has 2 bridgehead atoms. The molecule has 5 heteroatoms. The number of fused-ring (bicyclic) bond motifs is 4. The van der Waals surface area contributed by atoms with Gasteiger partial charge in [0.2, 0.25) is 0 Å². The van der Waals surface area contributed by atoms with Gasteiger partial charge in [-0.2, -0.15) is 0 Å². The molecular formula is C22H26N2O3. The Balaban J connectivity index is 1.36. The van der Waals surface area contributed by atoms with E-state index in [2.05, 4.69) is 11.1 Å². The molecule has 4 heterocycles. The van der Waals surface area contributed by atoms with E-state index in [-0.39, 0.29) is 36.1 Å². The normalized spacial score (nSPS) is 34.3. The maximum Gasteiger partial charge on any atom is 0.256 e. The molecule has 4 aliphatic rings. The molecule has 1 amide bonds. The van der Waals surface area contributed by atoms with Crippen LogP contribution in [-0.4, -0.2) is 52.3 Å². The first kappa shape index (κ1) is 16.1. The number of rotatable bonds is 2. The second-order valence-electron chi connectivity index (χ2n) is 8.92. The highest BCUT2D eigenvalue weighted by Gasteiger charge is 2.63. The Labute approximate surface area is 158 Å². The van der Waals surface area contributed by atoms with Gasteiger partial charge in [-0.15, -0.1) is 0 Å². The first-order valence-electron chi connectivity index (χ1n) is 10.4. The summed E-state index contributed by atoms with van der Waals surface area (Å²) in [6.07, 6.45) is 6.87. The quantitative estimate of drug-likeness (QED) is 0.859. The zero-order valence-electron chi connectivity index (χ0n) is 15.5. The molecule has 0 radical (unpaired) electrons. The van der Waals surface area contributed by atoms with Crippen molar-refractivity contribution in [1.29, 1.82) is 0 Å². The van der Waals surface area contributed by atoms with E-state index in [0.717, 1.165) is 36.8 Å². The van der Waals surface area contributed by atoms with Gasteiger partial charge in [-0.25, -0.2) is 0 Å². The maximum atomic E-state index is 13.5. The number of carbonyl (C=O) groups excluding carboxylic acids is 1. The number of aromatic amines is 1. The van der Waals surface area contributed by atoms with Crippen LogP contribution < -0.4 is 0 Å². The third kappa shape index (κ3) is 2.10. The lowest BCUT2D eigenvalue weighted by atomic mass is 9.74. The number of hydrogen-bond donors (Lipinski definition) is 2. The first-order valence-corrected chi connectivity index (χ1v) is 10.4. The van der Waals surface area contributed by atoms with E-state index in [1.165, 1.54) is 29.5 Å². The SMILES string of the molecule is O=C(c1cccc2c3c([nH]c12)CCCC3)N1C[C@@H]2[C@H](CO)[C@H]3CC[C@]2(C1)O3. The molecular weight excluding hydrogens is 340 g/mol. The molecule has 1 aliphatic carbocycles. The third-order valence-electron chi connectivity index (χ3n) is 7.65. The van der Waals surface area contributed by atoms with Gasteiger partial charge in [-0.1, -0.05) is 12.1 Å². The van der Waals surface area contributed by atoms with Crippen molar-refractivity contribution in [3.8, 4) is 0 Å². The lowest BCUT2D eigenvalue weighted by molar-refractivity contribution is 0.00156. The smallest absolute Gasteiger partial charge is 0.256 e. The van der Waals surface area contributed by atoms with Gasteiger partial charge in [0, 0.05) is 36.1 Å². The second kappa shape index (κ2) is 5.58. The van der Waals surface area contributed by atoms with E-state index in [0.29, 0.717) is 13.1 Å². The van der Waals surface area contributed by atoms with Crippen molar-refractivity contribution >= 4 is 16.8 Å². The largest absolute Gasteiger partial charge is 0.396 e. The second-order valence-corrected chi connectivity index (χ2v) is 8.92. The number of H-pyrrole nitrogens is 1. The van der Waals surface area contributed by atoms with E-state index in [1.807, 2.05) is 17.0 Å². The van der Waals surface area contributed by atoms with E-state index in [1.54, 1.807) is 0 Å². The number of para-hydroxylation sites is 1. The molecule has 2 aromatic rings. The van der Waals surface area contributed by atoms with Gasteiger partial charge in [0.1, 0.15) is 0 Å². The van der Waals surface area contributed by atoms with Gasteiger partial charge in [0.25, 0.3) is 5.91 Å². The summed E-state index contributed by atoms with van der Waals surface area (Å²) in [5.74, 6) is 0.568. The Morgan fingerprint density at radius 2 is 2.22 bits per heavy atom. The topological polar surface area (TPSA) is 65.6 Å². The summed E-state index contributed by atoms with van der Waals surface area (Å²) < 4.78 is 6.30. The average molecular weight is 366 g/mol. The van der Waals surface area contributed by atoms with Crippen molar-refractivity contribution in [1.82, 2.24) is 9.88 Å². The fourth-order valence-corrected chi connectivity index (χ4v) is 6.37. The molecule has 4 atom stereocenters. The molecule has 3 saturated heterocycles. The number of amides is 1. The number of aliphatic hydroxyl groups excluding tert-OH is 1. The van der Waals surface area contributed by atoms with Crippen molar-refractivity contribution in [2.24, 2.45) is 11.8 Å². The minimum Gasteiger partial charge on any atom is -0.396 e. The predicted molar refractivity (Wildman–Crippen MR) is 102 cm³/mol. The van der Waals surface area contributed by atoms with Gasteiger partial charge in [-0.3, -0.25) is 4.79 Å². The number of aliphatic hydroxyl groups is 1. The monoisotopic (exact) mass is 366 g/mol. The van der Waals surface area contributed by atoms with Crippen LogP contribution in [-0.2, 0) is 17.6 Å². The van der Waals surface area contributed by atoms with Crippen LogP contribution in [0.1, 0.15) is 47.3 Å². The molecule has 2 N–H and O–H groups in total. The van der Waals surface area contributed by atoms with Crippen LogP contribution in [0.4, 0.5) is 0 Å². The lowest BCUT2D eigenvalue weighted by Gasteiger charge is -2.27. The van der Waals surface area contributed by atoms with Crippen LogP contribution in [0.3, 0.4) is 0 Å². The van der Waals surface area contributed by atoms with Crippen LogP contribution in [0.15, 0.2) is 18.2 Å². The molecule has 0 saturated carbocycles. The standard InChI is InChI=1S/C22H26N2O3/c25-11-16-17-10-24(12-22(17)9-8-19(16)27-22)21(26)15-6-3-5-14-13-4-1-2-7-18(13)23-20(14)15/h3,5-6,16-17,19,23,25H,1-2,4,7-12H2/t16-,17+,19+,22+/m0/s1. The Morgan fingerprint density at radius 1 is 1.33 bits per heavy atom. The molecule has 3 fully saturated rings. The number of benzene rings is 1. The van der Waals surface area contributed by atoms with Crippen molar-refractivity contribution < 1.29 is 14.6 Å². The van der Waals surface area contributed by atoms with E-state index < -0.39 is 0 Å². The fraction of sp³-hybridized carbons (Fsp3) is 0.591. The van der Waals surface area contributed by atoms with Crippen molar-refractivity contribution in [2.45, 2.75) is 50.2 Å². The number of ether oxygens (including phenoxy) is 1. The minimum absolute atomic E-state index is 0.103. The van der Waals surface area contributed by atoms with Crippen LogP contribution in [0.2, 0.25) is 0 Å². The summed E-state index contributed by atoms with van der Waals surface area (Å²) in [5.41, 5.74) is 4.30. The summed E-state index contributed by atoms with van der Waals surface area (Å²) >= 11 is 0. The maximum absolute atomic E-state index is 13.5. The van der Waals surface area contributed by atoms with Crippen molar-refractivity contribution in [3.63, 3.8) is 0 Å². The van der Waals surface area contributed by atoms with Crippen molar-refractivity contribution in [3.05, 3.63) is 35.0 Å². The predicted octanol–water partition coefficient (Wildman–Crippen LogP) is 2.66. The molecule has 6 rings (SSSR count). The zero-order chi connectivity index (χ0) is 18.2. The highest BCUT2D eigenvalue weighted by molar-refractivity contribution is 6.07. The lowest BCUT2D eigenvalue weighted by Crippen LogP contribution is -2.38. The summed E-state index contributed by atoms with van der Waals surface area (Å²) in [6.45, 7) is 1.54. The van der Waals surface area contributed by atoms with E-state index >= 15 is 0 Å². The highest BCUT2D eigenvalue weighted by Crippen LogP contribution is 2.54. The molecule has 1 spiro atoms. The van der Waals surface area contributed by atoms with Gasteiger partial charge in [0.05, 0.1) is 29.3 Å². The number of carbonyl (C=O) groups is 1. The third-order valence-corrected chi connectivity index (χ3v) is 7.65. The molecule has 5 nitrogen and oxygen atoms in total. The highest BCUT2D eigenvalue weighted by atomic mass is 16.5. The first-order chi connectivity index (χ1) is 13.2. The Kier molecular flexibility index (Phi) is 3.34. The van der Waals surface area contributed by atoms with E-state index in [9.17, 15) is 9.90 Å². The fourth-order valence-electron chi connectivity index (χ4n) is 6.37. The van der Waals surface area contributed by atoms with Gasteiger partial charge in [0.15, 0.2) is 0 Å². The number of aromatic nitrogens is 1. The summed E-state index contributed by atoms with van der Waals surface area (Å²) in [4.78, 5) is 19.0. The minimum atomic E-state index is -0.212. The summed E-state index contributed by atoms with van der Waals surface area (Å²) in [6, 6.07) is 6.13. The Hall–Kier alpha value is -1.85. The van der Waals surface area contributed by atoms with Gasteiger partial charge in [-0.05, 0) is 50.2 Å². The Bertz CT molecular complexity index is 935. The molecule has 1 aromatic carbocycles. The number of aryl methyl sites for hydroxylation is 2. The number of nitrogens with one attached hydrogen (secondary N) is 1.